The van der Waals surface area contributed by atoms with E-state index in [0.29, 0.717) is 12.3 Å². The van der Waals surface area contributed by atoms with Gasteiger partial charge in [0.15, 0.2) is 0 Å². The first kappa shape index (κ1) is 15.2. The molecule has 0 aromatic rings. The number of carbonyl (C=O) groups excluding carboxylic acids is 1. The van der Waals surface area contributed by atoms with Gasteiger partial charge in [-0.15, -0.1) is 0 Å². The molecule has 1 amide bonds. The Hall–Kier alpha value is -0.790. The molecule has 94 valence electrons. The van der Waals surface area contributed by atoms with Gasteiger partial charge in [-0.25, -0.2) is 0 Å². The van der Waals surface area contributed by atoms with Gasteiger partial charge in [0.2, 0.25) is 5.91 Å². The molecule has 0 aliphatic rings. The van der Waals surface area contributed by atoms with E-state index >= 15 is 0 Å². The summed E-state index contributed by atoms with van der Waals surface area (Å²) in [5.41, 5.74) is 4.94. The van der Waals surface area contributed by atoms with Crippen molar-refractivity contribution in [2.24, 2.45) is 5.73 Å². The van der Waals surface area contributed by atoms with Crippen molar-refractivity contribution in [2.45, 2.75) is 18.9 Å². The van der Waals surface area contributed by atoms with Crippen LogP contribution >= 0.6 is 11.8 Å². The molecular weight excluding hydrogens is 232 g/mol. The highest BCUT2D eigenvalue weighted by molar-refractivity contribution is 7.99. The Balaban J connectivity index is 3.68. The van der Waals surface area contributed by atoms with Crippen molar-refractivity contribution in [3.63, 3.8) is 0 Å². The van der Waals surface area contributed by atoms with Crippen molar-refractivity contribution < 1.29 is 19.8 Å². The van der Waals surface area contributed by atoms with E-state index in [0.717, 1.165) is 5.75 Å². The molecule has 7 heteroatoms. The summed E-state index contributed by atoms with van der Waals surface area (Å²) in [6.45, 7) is 0.648. The zero-order valence-corrected chi connectivity index (χ0v) is 9.83. The number of aliphatic carboxylic acids is 1. The number of amides is 1. The zero-order chi connectivity index (χ0) is 12.4. The van der Waals surface area contributed by atoms with Crippen molar-refractivity contribution >= 4 is 23.6 Å². The number of carboxylic acids is 1. The van der Waals surface area contributed by atoms with E-state index in [1.807, 2.05) is 0 Å². The van der Waals surface area contributed by atoms with Crippen LogP contribution in [-0.2, 0) is 9.59 Å². The van der Waals surface area contributed by atoms with Gasteiger partial charge in [0.25, 0.3) is 0 Å². The Bertz CT molecular complexity index is 226. The van der Waals surface area contributed by atoms with Gasteiger partial charge in [-0.05, 0) is 6.42 Å². The van der Waals surface area contributed by atoms with E-state index in [4.69, 9.17) is 15.9 Å². The molecule has 0 fully saturated rings. The maximum atomic E-state index is 10.8. The van der Waals surface area contributed by atoms with Crippen molar-refractivity contribution in [2.75, 3.05) is 24.7 Å². The lowest BCUT2D eigenvalue weighted by atomic mass is 10.1. The van der Waals surface area contributed by atoms with Crippen molar-refractivity contribution in [3.05, 3.63) is 0 Å². The summed E-state index contributed by atoms with van der Waals surface area (Å²) in [7, 11) is 0. The second-order valence-corrected chi connectivity index (χ2v) is 4.41. The third-order valence-corrected chi connectivity index (χ3v) is 2.81. The molecule has 0 saturated carbocycles. The predicted octanol–water partition coefficient (Wildman–Crippen LogP) is -0.980. The van der Waals surface area contributed by atoms with Crippen LogP contribution in [-0.4, -0.2) is 52.8 Å². The molecule has 0 aliphatic heterocycles. The third kappa shape index (κ3) is 8.51. The van der Waals surface area contributed by atoms with Crippen molar-refractivity contribution in [3.8, 4) is 0 Å². The molecule has 6 nitrogen and oxygen atoms in total. The molecule has 0 heterocycles. The Kier molecular flexibility index (Phi) is 8.97. The summed E-state index contributed by atoms with van der Waals surface area (Å²) in [5, 5.41) is 20.2. The molecule has 0 spiro atoms. The molecule has 16 heavy (non-hydrogen) atoms. The van der Waals surface area contributed by atoms with Gasteiger partial charge >= 0.3 is 5.97 Å². The number of rotatable bonds is 10. The second kappa shape index (κ2) is 9.44. The van der Waals surface area contributed by atoms with Gasteiger partial charge in [-0.3, -0.25) is 9.59 Å². The minimum atomic E-state index is -0.978. The number of aliphatic hydroxyl groups is 1. The molecule has 0 aromatic carbocycles. The highest BCUT2D eigenvalue weighted by Crippen LogP contribution is 2.00. The van der Waals surface area contributed by atoms with Crippen LogP contribution in [0.25, 0.3) is 0 Å². The fourth-order valence-electron chi connectivity index (χ4n) is 1.07. The van der Waals surface area contributed by atoms with Crippen molar-refractivity contribution in [1.29, 1.82) is 0 Å². The quantitative estimate of drug-likeness (QED) is 0.371. The molecule has 5 N–H and O–H groups in total. The number of carboxylic acid groups (broad SMARTS) is 1. The van der Waals surface area contributed by atoms with Gasteiger partial charge < -0.3 is 21.3 Å². The number of hydrogen-bond acceptors (Lipinski definition) is 5. The lowest BCUT2D eigenvalue weighted by molar-refractivity contribution is -0.139. The van der Waals surface area contributed by atoms with Gasteiger partial charge in [0.1, 0.15) is 6.04 Å². The first-order chi connectivity index (χ1) is 7.57. The normalized spacial score (nSPS) is 12.3. The molecule has 0 aromatic heterocycles. The largest absolute Gasteiger partial charge is 0.480 e. The lowest BCUT2D eigenvalue weighted by Crippen LogP contribution is -2.38. The minimum absolute atomic E-state index is 0.0632. The number of thioether (sulfide) groups is 1. The molecular formula is C9H18N2O4S. The maximum absolute atomic E-state index is 10.8. The summed E-state index contributed by atoms with van der Waals surface area (Å²) in [4.78, 5) is 21.3. The minimum Gasteiger partial charge on any atom is -0.480 e. The van der Waals surface area contributed by atoms with Gasteiger partial charge in [-0.1, -0.05) is 0 Å². The van der Waals surface area contributed by atoms with E-state index in [-0.39, 0.29) is 19.4 Å². The van der Waals surface area contributed by atoms with E-state index in [9.17, 15) is 9.59 Å². The van der Waals surface area contributed by atoms with Crippen LogP contribution in [0.2, 0.25) is 0 Å². The third-order valence-electron chi connectivity index (χ3n) is 1.85. The molecule has 0 saturated heterocycles. The smallest absolute Gasteiger partial charge is 0.320 e. The number of nitrogens with two attached hydrogens (primary N) is 1. The van der Waals surface area contributed by atoms with E-state index < -0.39 is 17.9 Å². The maximum Gasteiger partial charge on any atom is 0.320 e. The Morgan fingerprint density at radius 2 is 2.06 bits per heavy atom. The Morgan fingerprint density at radius 1 is 1.38 bits per heavy atom. The summed E-state index contributed by atoms with van der Waals surface area (Å²) in [6, 6.07) is -0.734. The number of carbonyl (C=O) groups is 2. The Morgan fingerprint density at radius 3 is 2.56 bits per heavy atom. The van der Waals surface area contributed by atoms with Crippen LogP contribution in [0.5, 0.6) is 0 Å². The predicted molar refractivity (Wildman–Crippen MR) is 62.3 cm³/mol. The molecule has 0 rings (SSSR count). The highest BCUT2D eigenvalue weighted by Gasteiger charge is 2.16. The molecule has 0 bridgehead atoms. The first-order valence-corrected chi connectivity index (χ1v) is 6.16. The fraction of sp³-hybridized carbons (Fsp3) is 0.778. The Labute approximate surface area is 98.6 Å². The van der Waals surface area contributed by atoms with Crippen LogP contribution in [0.15, 0.2) is 0 Å². The van der Waals surface area contributed by atoms with Crippen LogP contribution in [0.1, 0.15) is 12.8 Å². The average molecular weight is 250 g/mol. The fourth-order valence-corrected chi connectivity index (χ4v) is 1.67. The van der Waals surface area contributed by atoms with Crippen molar-refractivity contribution in [1.82, 2.24) is 5.32 Å². The number of hydrogen-bond donors (Lipinski definition) is 4. The van der Waals surface area contributed by atoms with Gasteiger partial charge in [-0.2, -0.15) is 11.8 Å². The van der Waals surface area contributed by atoms with Crippen LogP contribution in [0.4, 0.5) is 0 Å². The number of aliphatic hydroxyl groups excluding tert-OH is 1. The van der Waals surface area contributed by atoms with E-state index in [2.05, 4.69) is 5.32 Å². The summed E-state index contributed by atoms with van der Waals surface area (Å²) >= 11 is 1.53. The summed E-state index contributed by atoms with van der Waals surface area (Å²) in [5.74, 6) is -0.113. The summed E-state index contributed by atoms with van der Waals surface area (Å²) in [6.07, 6.45) is 0.267. The zero-order valence-electron chi connectivity index (χ0n) is 9.02. The van der Waals surface area contributed by atoms with Gasteiger partial charge in [0.05, 0.1) is 6.61 Å². The van der Waals surface area contributed by atoms with E-state index in [1.54, 1.807) is 0 Å². The molecule has 0 aliphatic carbocycles. The second-order valence-electron chi connectivity index (χ2n) is 3.19. The topological polar surface area (TPSA) is 113 Å². The van der Waals surface area contributed by atoms with Crippen LogP contribution < -0.4 is 11.1 Å². The highest BCUT2D eigenvalue weighted by atomic mass is 32.2. The summed E-state index contributed by atoms with van der Waals surface area (Å²) < 4.78 is 0. The monoisotopic (exact) mass is 250 g/mol. The number of nitrogens with one attached hydrogen (secondary N) is 1. The number of primary amides is 1. The average Bonchev–Trinajstić information content (AvgIpc) is 2.21. The van der Waals surface area contributed by atoms with Crippen LogP contribution in [0.3, 0.4) is 0 Å². The SMILES string of the molecule is NC(=O)CC[C@H](NCCSCCO)C(=O)O. The molecule has 1 atom stereocenters. The van der Waals surface area contributed by atoms with E-state index in [1.165, 1.54) is 11.8 Å². The molecule has 0 unspecified atom stereocenters. The molecule has 0 radical (unpaired) electrons. The standard InChI is InChI=1S/C9H18N2O4S/c10-8(13)2-1-7(9(14)15)11-3-5-16-6-4-12/h7,11-12H,1-6H2,(H2,10,13)(H,14,15)/t7-/m0/s1. The van der Waals surface area contributed by atoms with Gasteiger partial charge in [0, 0.05) is 24.5 Å². The van der Waals surface area contributed by atoms with Crippen LogP contribution in [0, 0.1) is 0 Å². The first-order valence-electron chi connectivity index (χ1n) is 5.01. The lowest BCUT2D eigenvalue weighted by Gasteiger charge is -2.13.